The summed E-state index contributed by atoms with van der Waals surface area (Å²) < 4.78 is 32.1. The number of aliphatic hydroxyl groups is 1. The van der Waals surface area contributed by atoms with E-state index in [0.29, 0.717) is 6.54 Å². The molecule has 1 amide bonds. The number of rotatable bonds is 9. The van der Waals surface area contributed by atoms with Gasteiger partial charge in [-0.3, -0.25) is 9.59 Å². The van der Waals surface area contributed by atoms with Crippen LogP contribution in [-0.4, -0.2) is 56.1 Å². The van der Waals surface area contributed by atoms with E-state index < -0.39 is 40.7 Å². The summed E-state index contributed by atoms with van der Waals surface area (Å²) in [4.78, 5) is 25.7. The van der Waals surface area contributed by atoms with Crippen molar-refractivity contribution >= 4 is 45.1 Å². The number of amides is 1. The minimum atomic E-state index is -4.23. The van der Waals surface area contributed by atoms with Gasteiger partial charge in [0, 0.05) is 13.6 Å². The Morgan fingerprint density at radius 1 is 1.13 bits per heavy atom. The van der Waals surface area contributed by atoms with Crippen LogP contribution in [-0.2, 0) is 30.9 Å². The number of nitrogens with one attached hydrogen (secondary N) is 1. The van der Waals surface area contributed by atoms with Gasteiger partial charge in [-0.1, -0.05) is 53.5 Å². The van der Waals surface area contributed by atoms with Gasteiger partial charge >= 0.3 is 5.97 Å². The van der Waals surface area contributed by atoms with Gasteiger partial charge in [-0.15, -0.1) is 0 Å². The van der Waals surface area contributed by atoms with Gasteiger partial charge in [0.25, 0.3) is 5.91 Å². The molecule has 8 nitrogen and oxygen atoms in total. The SMILES string of the molecule is CC(O)C(NS(=O)(=O)c1ccc(Cl)c(Cl)c1)C(=O)OCC(=O)N(C)Cc1ccccc1. The van der Waals surface area contributed by atoms with Crippen molar-refractivity contribution in [3.05, 3.63) is 64.1 Å². The number of halogens is 2. The van der Waals surface area contributed by atoms with E-state index in [1.54, 1.807) is 7.05 Å². The molecular formula is C20H22Cl2N2O6S. The van der Waals surface area contributed by atoms with Crippen LogP contribution in [0.1, 0.15) is 12.5 Å². The number of hydrogen-bond acceptors (Lipinski definition) is 6. The van der Waals surface area contributed by atoms with Gasteiger partial charge in [0.15, 0.2) is 6.61 Å². The lowest BCUT2D eigenvalue weighted by atomic mass is 10.2. The van der Waals surface area contributed by atoms with Crippen molar-refractivity contribution in [3.63, 3.8) is 0 Å². The third-order valence-corrected chi connectivity index (χ3v) is 6.42. The number of benzene rings is 2. The molecule has 0 radical (unpaired) electrons. The van der Waals surface area contributed by atoms with Crippen molar-refractivity contribution in [2.24, 2.45) is 0 Å². The van der Waals surface area contributed by atoms with Crippen LogP contribution in [0.2, 0.25) is 10.0 Å². The molecule has 0 aromatic heterocycles. The summed E-state index contributed by atoms with van der Waals surface area (Å²) in [5, 5.41) is 10.1. The fourth-order valence-electron chi connectivity index (χ4n) is 2.50. The highest BCUT2D eigenvalue weighted by Crippen LogP contribution is 2.25. The molecule has 2 atom stereocenters. The van der Waals surface area contributed by atoms with Crippen LogP contribution in [0.5, 0.6) is 0 Å². The standard InChI is InChI=1S/C20H22Cl2N2O6S/c1-13(25)19(23-31(28,29)15-8-9-16(21)17(22)10-15)20(27)30-12-18(26)24(2)11-14-6-4-3-5-7-14/h3-10,13,19,23,25H,11-12H2,1-2H3. The Bertz CT molecular complexity index is 1030. The molecule has 0 aliphatic carbocycles. The molecule has 0 saturated heterocycles. The van der Waals surface area contributed by atoms with Gasteiger partial charge in [-0.05, 0) is 30.7 Å². The summed E-state index contributed by atoms with van der Waals surface area (Å²) in [6.45, 7) is 0.910. The fraction of sp³-hybridized carbons (Fsp3) is 0.300. The molecule has 2 rings (SSSR count). The highest BCUT2D eigenvalue weighted by atomic mass is 35.5. The maximum absolute atomic E-state index is 12.6. The molecule has 0 saturated carbocycles. The van der Waals surface area contributed by atoms with Crippen molar-refractivity contribution in [2.75, 3.05) is 13.7 Å². The fourth-order valence-corrected chi connectivity index (χ4v) is 4.15. The summed E-state index contributed by atoms with van der Waals surface area (Å²) in [5.41, 5.74) is 0.890. The number of nitrogens with zero attached hydrogens (tertiary/aromatic N) is 1. The molecule has 0 aliphatic rings. The number of ether oxygens (including phenoxy) is 1. The molecule has 0 bridgehead atoms. The number of sulfonamides is 1. The lowest BCUT2D eigenvalue weighted by molar-refractivity contribution is -0.155. The first kappa shape index (κ1) is 25.1. The number of aliphatic hydroxyl groups excluding tert-OH is 1. The monoisotopic (exact) mass is 488 g/mol. The first-order chi connectivity index (χ1) is 14.5. The van der Waals surface area contributed by atoms with Gasteiger partial charge < -0.3 is 14.7 Å². The van der Waals surface area contributed by atoms with Crippen LogP contribution in [0.25, 0.3) is 0 Å². The zero-order chi connectivity index (χ0) is 23.2. The van der Waals surface area contributed by atoms with Crippen LogP contribution in [0, 0.1) is 0 Å². The van der Waals surface area contributed by atoms with E-state index >= 15 is 0 Å². The number of carbonyl (C=O) groups excluding carboxylic acids is 2. The van der Waals surface area contributed by atoms with E-state index in [4.69, 9.17) is 27.9 Å². The smallest absolute Gasteiger partial charge is 0.327 e. The predicted octanol–water partition coefficient (Wildman–Crippen LogP) is 2.22. The molecule has 2 aromatic rings. The van der Waals surface area contributed by atoms with Gasteiger partial charge in [-0.25, -0.2) is 8.42 Å². The maximum atomic E-state index is 12.6. The first-order valence-corrected chi connectivity index (χ1v) is 11.3. The molecule has 2 N–H and O–H groups in total. The van der Waals surface area contributed by atoms with Gasteiger partial charge in [-0.2, -0.15) is 4.72 Å². The first-order valence-electron chi connectivity index (χ1n) is 9.11. The summed E-state index contributed by atoms with van der Waals surface area (Å²) in [5.74, 6) is -1.59. The Labute approximate surface area is 190 Å². The largest absolute Gasteiger partial charge is 0.454 e. The predicted molar refractivity (Wildman–Crippen MR) is 116 cm³/mol. The van der Waals surface area contributed by atoms with Crippen LogP contribution in [0.15, 0.2) is 53.4 Å². The van der Waals surface area contributed by atoms with Crippen molar-refractivity contribution in [2.45, 2.75) is 30.5 Å². The lowest BCUT2D eigenvalue weighted by Gasteiger charge is -2.21. The molecular weight excluding hydrogens is 467 g/mol. The highest BCUT2D eigenvalue weighted by molar-refractivity contribution is 7.89. The highest BCUT2D eigenvalue weighted by Gasteiger charge is 2.31. The van der Waals surface area contributed by atoms with Crippen LogP contribution < -0.4 is 4.72 Å². The average molecular weight is 489 g/mol. The van der Waals surface area contributed by atoms with Crippen molar-refractivity contribution in [1.82, 2.24) is 9.62 Å². The Morgan fingerprint density at radius 2 is 1.77 bits per heavy atom. The van der Waals surface area contributed by atoms with Crippen molar-refractivity contribution in [1.29, 1.82) is 0 Å². The van der Waals surface area contributed by atoms with E-state index in [1.165, 1.54) is 24.0 Å². The second-order valence-corrected chi connectivity index (χ2v) is 9.29. The van der Waals surface area contributed by atoms with E-state index in [2.05, 4.69) is 4.72 Å². The summed E-state index contributed by atoms with van der Waals surface area (Å²) >= 11 is 11.6. The zero-order valence-electron chi connectivity index (χ0n) is 16.8. The molecule has 0 spiro atoms. The molecule has 11 heteroatoms. The third kappa shape index (κ3) is 7.19. The molecule has 2 unspecified atom stereocenters. The van der Waals surface area contributed by atoms with Crippen molar-refractivity contribution in [3.8, 4) is 0 Å². The number of esters is 1. The second kappa shape index (κ2) is 10.9. The van der Waals surface area contributed by atoms with Crippen LogP contribution in [0.3, 0.4) is 0 Å². The number of likely N-dealkylation sites (N-methyl/N-ethyl adjacent to an activating group) is 1. The quantitative estimate of drug-likeness (QED) is 0.523. The Kier molecular flexibility index (Phi) is 8.84. The van der Waals surface area contributed by atoms with E-state index in [1.807, 2.05) is 30.3 Å². The molecule has 168 valence electrons. The maximum Gasteiger partial charge on any atom is 0.327 e. The summed E-state index contributed by atoms with van der Waals surface area (Å²) in [6.07, 6.45) is -1.43. The Balaban J connectivity index is 2.01. The van der Waals surface area contributed by atoms with Crippen LogP contribution in [0.4, 0.5) is 0 Å². The molecule has 31 heavy (non-hydrogen) atoms. The molecule has 0 aliphatic heterocycles. The van der Waals surface area contributed by atoms with Gasteiger partial charge in [0.05, 0.1) is 21.0 Å². The summed E-state index contributed by atoms with van der Waals surface area (Å²) in [7, 11) is -2.69. The third-order valence-electron chi connectivity index (χ3n) is 4.25. The normalized spacial score (nSPS) is 13.3. The Morgan fingerprint density at radius 3 is 2.35 bits per heavy atom. The number of carbonyl (C=O) groups is 2. The number of hydrogen-bond donors (Lipinski definition) is 2. The van der Waals surface area contributed by atoms with E-state index in [-0.39, 0.29) is 14.9 Å². The van der Waals surface area contributed by atoms with Gasteiger partial charge in [0.2, 0.25) is 10.0 Å². The summed E-state index contributed by atoms with van der Waals surface area (Å²) in [6, 6.07) is 11.2. The van der Waals surface area contributed by atoms with Gasteiger partial charge in [0.1, 0.15) is 6.04 Å². The molecule has 0 fully saturated rings. The zero-order valence-corrected chi connectivity index (χ0v) is 19.1. The molecule has 2 aromatic carbocycles. The van der Waals surface area contributed by atoms with Crippen LogP contribution >= 0.6 is 23.2 Å². The second-order valence-electron chi connectivity index (χ2n) is 6.76. The Hall–Kier alpha value is -2.17. The van der Waals surface area contributed by atoms with E-state index in [9.17, 15) is 23.1 Å². The minimum absolute atomic E-state index is 0.00719. The van der Waals surface area contributed by atoms with E-state index in [0.717, 1.165) is 11.6 Å². The lowest BCUT2D eigenvalue weighted by Crippen LogP contribution is -2.49. The molecule has 0 heterocycles. The topological polar surface area (TPSA) is 113 Å². The van der Waals surface area contributed by atoms with Crippen molar-refractivity contribution < 1.29 is 27.9 Å². The minimum Gasteiger partial charge on any atom is -0.454 e. The average Bonchev–Trinajstić information content (AvgIpc) is 2.72.